The fourth-order valence-electron chi connectivity index (χ4n) is 2.80. The molecule has 1 aliphatic carbocycles. The summed E-state index contributed by atoms with van der Waals surface area (Å²) in [7, 11) is 0. The number of rotatable bonds is 5. The summed E-state index contributed by atoms with van der Waals surface area (Å²) in [6, 6.07) is 0.807. The van der Waals surface area contributed by atoms with E-state index in [-0.39, 0.29) is 0 Å². The lowest BCUT2D eigenvalue weighted by Gasteiger charge is -2.29. The van der Waals surface area contributed by atoms with Crippen LogP contribution in [0.15, 0.2) is 18.6 Å². The van der Waals surface area contributed by atoms with Crippen molar-refractivity contribution in [3.05, 3.63) is 24.3 Å². The fraction of sp³-hybridized carbons (Fsp3) is 0.714. The highest BCUT2D eigenvalue weighted by Crippen LogP contribution is 2.29. The first-order valence-corrected chi connectivity index (χ1v) is 7.11. The van der Waals surface area contributed by atoms with Gasteiger partial charge in [0.15, 0.2) is 0 Å². The molecule has 0 amide bonds. The zero-order chi connectivity index (χ0) is 12.2. The second kappa shape index (κ2) is 5.76. The van der Waals surface area contributed by atoms with Gasteiger partial charge in [-0.2, -0.15) is 0 Å². The minimum absolute atomic E-state index is 0.807. The molecule has 2 fully saturated rings. The number of piperidine rings is 1. The van der Waals surface area contributed by atoms with Crippen molar-refractivity contribution < 1.29 is 0 Å². The lowest BCUT2D eigenvalue weighted by molar-refractivity contribution is 0.188. The zero-order valence-electron chi connectivity index (χ0n) is 10.9. The van der Waals surface area contributed by atoms with Crippen molar-refractivity contribution >= 4 is 0 Å². The summed E-state index contributed by atoms with van der Waals surface area (Å²) in [5.41, 5.74) is 1.11. The Bertz CT molecular complexity index is 357. The second-order valence-corrected chi connectivity index (χ2v) is 5.55. The molecule has 1 aliphatic heterocycles. The molecule has 0 aromatic carbocycles. The number of nitrogens with one attached hydrogen (secondary N) is 1. The van der Waals surface area contributed by atoms with Crippen LogP contribution < -0.4 is 5.32 Å². The van der Waals surface area contributed by atoms with Crippen molar-refractivity contribution in [1.29, 1.82) is 0 Å². The standard InChI is InChI=1S/C14H22N4/c1-2-14(1)18(10-12-3-5-15-6-4-12)11-13-9-16-7-8-17-13/h7-9,12,14-15H,1-6,10-11H2. The number of nitrogens with zero attached hydrogens (tertiary/aromatic N) is 3. The maximum absolute atomic E-state index is 4.41. The van der Waals surface area contributed by atoms with Crippen molar-refractivity contribution in [3.63, 3.8) is 0 Å². The van der Waals surface area contributed by atoms with E-state index < -0.39 is 0 Å². The Balaban J connectivity index is 1.58. The summed E-state index contributed by atoms with van der Waals surface area (Å²) in [6.07, 6.45) is 10.8. The van der Waals surface area contributed by atoms with E-state index in [1.54, 1.807) is 12.4 Å². The summed E-state index contributed by atoms with van der Waals surface area (Å²) in [5.74, 6) is 0.864. The van der Waals surface area contributed by atoms with E-state index in [4.69, 9.17) is 0 Å². The van der Waals surface area contributed by atoms with E-state index in [1.807, 2.05) is 6.20 Å². The van der Waals surface area contributed by atoms with Crippen molar-refractivity contribution in [1.82, 2.24) is 20.2 Å². The highest BCUT2D eigenvalue weighted by molar-refractivity contribution is 4.97. The molecule has 0 spiro atoms. The molecule has 0 radical (unpaired) electrons. The Morgan fingerprint density at radius 3 is 2.67 bits per heavy atom. The molecule has 3 rings (SSSR count). The third-order valence-corrected chi connectivity index (χ3v) is 4.00. The van der Waals surface area contributed by atoms with E-state index >= 15 is 0 Å². The van der Waals surface area contributed by atoms with Gasteiger partial charge in [-0.25, -0.2) is 0 Å². The van der Waals surface area contributed by atoms with Gasteiger partial charge in [0.2, 0.25) is 0 Å². The van der Waals surface area contributed by atoms with Crippen LogP contribution in [0.5, 0.6) is 0 Å². The molecule has 98 valence electrons. The van der Waals surface area contributed by atoms with Crippen LogP contribution in [-0.2, 0) is 6.54 Å². The van der Waals surface area contributed by atoms with Crippen molar-refractivity contribution in [2.24, 2.45) is 5.92 Å². The van der Waals surface area contributed by atoms with E-state index in [9.17, 15) is 0 Å². The van der Waals surface area contributed by atoms with Gasteiger partial charge in [0.05, 0.1) is 5.69 Å². The Morgan fingerprint density at radius 2 is 2.00 bits per heavy atom. The number of aromatic nitrogens is 2. The van der Waals surface area contributed by atoms with Crippen LogP contribution in [-0.4, -0.2) is 40.5 Å². The maximum Gasteiger partial charge on any atom is 0.0726 e. The van der Waals surface area contributed by atoms with Crippen LogP contribution in [0.3, 0.4) is 0 Å². The monoisotopic (exact) mass is 246 g/mol. The minimum atomic E-state index is 0.807. The van der Waals surface area contributed by atoms with Gasteiger partial charge in [-0.15, -0.1) is 0 Å². The molecule has 1 saturated heterocycles. The Kier molecular flexibility index (Phi) is 3.86. The lowest BCUT2D eigenvalue weighted by Crippen LogP contribution is -2.37. The molecule has 4 heteroatoms. The van der Waals surface area contributed by atoms with Crippen LogP contribution in [0.2, 0.25) is 0 Å². The highest BCUT2D eigenvalue weighted by atomic mass is 15.2. The third kappa shape index (κ3) is 3.27. The smallest absolute Gasteiger partial charge is 0.0726 e. The molecule has 1 aromatic rings. The summed E-state index contributed by atoms with van der Waals surface area (Å²) in [4.78, 5) is 11.2. The first kappa shape index (κ1) is 12.1. The SMILES string of the molecule is c1cnc(CN(CC2CCNCC2)C2CC2)cn1. The van der Waals surface area contributed by atoms with Crippen molar-refractivity contribution in [2.75, 3.05) is 19.6 Å². The predicted molar refractivity (Wildman–Crippen MR) is 71.1 cm³/mol. The molecule has 0 bridgehead atoms. The summed E-state index contributed by atoms with van der Waals surface area (Å²) >= 11 is 0. The topological polar surface area (TPSA) is 41.1 Å². The quantitative estimate of drug-likeness (QED) is 0.853. The summed E-state index contributed by atoms with van der Waals surface area (Å²) < 4.78 is 0. The number of hydrogen-bond donors (Lipinski definition) is 1. The summed E-state index contributed by atoms with van der Waals surface area (Å²) in [5, 5.41) is 3.44. The van der Waals surface area contributed by atoms with Crippen LogP contribution >= 0.6 is 0 Å². The van der Waals surface area contributed by atoms with Gasteiger partial charge >= 0.3 is 0 Å². The second-order valence-electron chi connectivity index (χ2n) is 5.55. The maximum atomic E-state index is 4.41. The molecule has 0 atom stereocenters. The lowest BCUT2D eigenvalue weighted by atomic mass is 9.97. The molecule has 1 aromatic heterocycles. The van der Waals surface area contributed by atoms with E-state index in [1.165, 1.54) is 45.3 Å². The van der Waals surface area contributed by atoms with Gasteiger partial charge in [-0.1, -0.05) is 0 Å². The van der Waals surface area contributed by atoms with Gasteiger partial charge in [0.25, 0.3) is 0 Å². The zero-order valence-corrected chi connectivity index (χ0v) is 10.9. The first-order valence-electron chi connectivity index (χ1n) is 7.11. The van der Waals surface area contributed by atoms with E-state index in [0.29, 0.717) is 0 Å². The third-order valence-electron chi connectivity index (χ3n) is 4.00. The van der Waals surface area contributed by atoms with Crippen LogP contribution in [0.1, 0.15) is 31.4 Å². The molecule has 18 heavy (non-hydrogen) atoms. The van der Waals surface area contributed by atoms with E-state index in [2.05, 4.69) is 20.2 Å². The van der Waals surface area contributed by atoms with Crippen molar-refractivity contribution in [2.45, 2.75) is 38.3 Å². The van der Waals surface area contributed by atoms with Crippen LogP contribution in [0.25, 0.3) is 0 Å². The molecule has 0 unspecified atom stereocenters. The van der Waals surface area contributed by atoms with Gasteiger partial charge in [0, 0.05) is 37.7 Å². The number of hydrogen-bond acceptors (Lipinski definition) is 4. The predicted octanol–water partition coefficient (Wildman–Crippen LogP) is 1.44. The van der Waals surface area contributed by atoms with Gasteiger partial charge in [0.1, 0.15) is 0 Å². The summed E-state index contributed by atoms with van der Waals surface area (Å²) in [6.45, 7) is 4.59. The fourth-order valence-corrected chi connectivity index (χ4v) is 2.80. The Hall–Kier alpha value is -1.00. The molecule has 4 nitrogen and oxygen atoms in total. The normalized spacial score (nSPS) is 21.4. The average Bonchev–Trinajstić information content (AvgIpc) is 3.25. The Labute approximate surface area is 109 Å². The highest BCUT2D eigenvalue weighted by Gasteiger charge is 2.31. The molecule has 2 aliphatic rings. The minimum Gasteiger partial charge on any atom is -0.317 e. The average molecular weight is 246 g/mol. The van der Waals surface area contributed by atoms with E-state index in [0.717, 1.165) is 24.2 Å². The van der Waals surface area contributed by atoms with Crippen molar-refractivity contribution in [3.8, 4) is 0 Å². The largest absolute Gasteiger partial charge is 0.317 e. The van der Waals surface area contributed by atoms with Crippen LogP contribution in [0.4, 0.5) is 0 Å². The molecule has 1 saturated carbocycles. The van der Waals surface area contributed by atoms with Gasteiger partial charge in [-0.05, 0) is 44.7 Å². The molecular formula is C14H22N4. The first-order chi connectivity index (χ1) is 8.92. The van der Waals surface area contributed by atoms with Crippen LogP contribution in [0, 0.1) is 5.92 Å². The molecular weight excluding hydrogens is 224 g/mol. The molecule has 2 heterocycles. The molecule has 1 N–H and O–H groups in total. The van der Waals surface area contributed by atoms with Gasteiger partial charge < -0.3 is 5.32 Å². The Morgan fingerprint density at radius 1 is 1.17 bits per heavy atom. The van der Waals surface area contributed by atoms with Gasteiger partial charge in [-0.3, -0.25) is 14.9 Å².